The summed E-state index contributed by atoms with van der Waals surface area (Å²) in [6.07, 6.45) is 3.49. The Morgan fingerprint density at radius 2 is 1.73 bits per heavy atom. The van der Waals surface area contributed by atoms with Crippen LogP contribution in [0.5, 0.6) is 0 Å². The van der Waals surface area contributed by atoms with Gasteiger partial charge in [-0.25, -0.2) is 4.98 Å². The molecule has 0 bridgehead atoms. The van der Waals surface area contributed by atoms with Gasteiger partial charge in [-0.05, 0) is 62.5 Å². The van der Waals surface area contributed by atoms with Crippen LogP contribution in [0.15, 0.2) is 48.5 Å². The molecule has 0 saturated carbocycles. The Labute approximate surface area is 188 Å². The lowest BCUT2D eigenvalue weighted by atomic mass is 9.95. The number of rotatable bonds is 9. The Kier molecular flexibility index (Phi) is 7.58. The molecule has 5 heteroatoms. The van der Waals surface area contributed by atoms with Gasteiger partial charge in [0.25, 0.3) is 0 Å². The lowest BCUT2D eigenvalue weighted by Crippen LogP contribution is -2.35. The maximum atomic E-state index is 5.64. The molecule has 1 aliphatic rings. The first-order valence-electron chi connectivity index (χ1n) is 11.2. The highest BCUT2D eigenvalue weighted by molar-refractivity contribution is 9.08. The maximum absolute atomic E-state index is 5.64. The van der Waals surface area contributed by atoms with Crippen LogP contribution in [0.25, 0.3) is 11.0 Å². The molecule has 1 saturated heterocycles. The van der Waals surface area contributed by atoms with E-state index >= 15 is 0 Å². The fourth-order valence-corrected chi connectivity index (χ4v) is 4.81. The number of benzene rings is 2. The SMILES string of the molecule is CCOCCn1c(C2CCN(CCc3ccc(CBr)cc3)CC2)nc2ccccc21. The average molecular weight is 470 g/mol. The van der Waals surface area contributed by atoms with Crippen LogP contribution in [-0.4, -0.2) is 47.3 Å². The summed E-state index contributed by atoms with van der Waals surface area (Å²) in [5.74, 6) is 1.79. The predicted octanol–water partition coefficient (Wildman–Crippen LogP) is 5.39. The zero-order valence-corrected chi connectivity index (χ0v) is 19.5. The number of alkyl halides is 1. The molecule has 0 amide bonds. The van der Waals surface area contributed by atoms with Gasteiger partial charge in [-0.2, -0.15) is 0 Å². The smallest absolute Gasteiger partial charge is 0.113 e. The number of fused-ring (bicyclic) bond motifs is 1. The molecule has 2 aromatic carbocycles. The van der Waals surface area contributed by atoms with Crippen LogP contribution in [0.2, 0.25) is 0 Å². The average Bonchev–Trinajstić information content (AvgIpc) is 3.17. The topological polar surface area (TPSA) is 30.3 Å². The Morgan fingerprint density at radius 3 is 2.47 bits per heavy atom. The van der Waals surface area contributed by atoms with E-state index in [0.29, 0.717) is 5.92 Å². The third-order valence-electron chi connectivity index (χ3n) is 6.19. The molecule has 1 aliphatic heterocycles. The van der Waals surface area contributed by atoms with E-state index in [9.17, 15) is 0 Å². The van der Waals surface area contributed by atoms with E-state index in [1.165, 1.54) is 35.3 Å². The monoisotopic (exact) mass is 469 g/mol. The van der Waals surface area contributed by atoms with Crippen LogP contribution < -0.4 is 0 Å². The largest absolute Gasteiger partial charge is 0.380 e. The number of piperidine rings is 1. The number of hydrogen-bond acceptors (Lipinski definition) is 3. The van der Waals surface area contributed by atoms with Crippen molar-refractivity contribution in [2.45, 2.75) is 44.0 Å². The molecule has 30 heavy (non-hydrogen) atoms. The Hall–Kier alpha value is -1.69. The van der Waals surface area contributed by atoms with E-state index < -0.39 is 0 Å². The molecule has 160 valence electrons. The summed E-state index contributed by atoms with van der Waals surface area (Å²) in [5.41, 5.74) is 5.12. The summed E-state index contributed by atoms with van der Waals surface area (Å²) >= 11 is 3.52. The fraction of sp³-hybridized carbons (Fsp3) is 0.480. The minimum Gasteiger partial charge on any atom is -0.380 e. The molecule has 0 spiro atoms. The van der Waals surface area contributed by atoms with E-state index in [1.807, 2.05) is 0 Å². The van der Waals surface area contributed by atoms with Crippen LogP contribution in [-0.2, 0) is 23.0 Å². The molecule has 0 atom stereocenters. The molecule has 4 nitrogen and oxygen atoms in total. The van der Waals surface area contributed by atoms with Gasteiger partial charge < -0.3 is 14.2 Å². The Balaban J connectivity index is 1.37. The molecular formula is C25H32BrN3O. The van der Waals surface area contributed by atoms with E-state index in [2.05, 4.69) is 80.9 Å². The molecule has 4 rings (SSSR count). The molecule has 3 aromatic rings. The lowest BCUT2D eigenvalue weighted by molar-refractivity contribution is 0.138. The van der Waals surface area contributed by atoms with E-state index in [1.54, 1.807) is 0 Å². The second kappa shape index (κ2) is 10.6. The fourth-order valence-electron chi connectivity index (χ4n) is 4.44. The lowest BCUT2D eigenvalue weighted by Gasteiger charge is -2.32. The number of imidazole rings is 1. The van der Waals surface area contributed by atoms with E-state index in [0.717, 1.165) is 56.7 Å². The van der Waals surface area contributed by atoms with Crippen LogP contribution >= 0.6 is 15.9 Å². The molecule has 0 radical (unpaired) electrons. The highest BCUT2D eigenvalue weighted by atomic mass is 79.9. The zero-order chi connectivity index (χ0) is 20.8. The van der Waals surface area contributed by atoms with Gasteiger partial charge in [-0.15, -0.1) is 0 Å². The van der Waals surface area contributed by atoms with Crippen molar-refractivity contribution in [1.82, 2.24) is 14.5 Å². The summed E-state index contributed by atoms with van der Waals surface area (Å²) in [4.78, 5) is 7.65. The van der Waals surface area contributed by atoms with Crippen molar-refractivity contribution in [3.8, 4) is 0 Å². The molecule has 1 aromatic heterocycles. The van der Waals surface area contributed by atoms with Crippen LogP contribution in [0.1, 0.15) is 42.6 Å². The number of nitrogens with zero attached hydrogens (tertiary/aromatic N) is 3. The highest BCUT2D eigenvalue weighted by Gasteiger charge is 2.25. The third-order valence-corrected chi connectivity index (χ3v) is 6.84. The summed E-state index contributed by atoms with van der Waals surface area (Å²) in [5, 5.41) is 0.927. The van der Waals surface area contributed by atoms with Crippen molar-refractivity contribution < 1.29 is 4.74 Å². The minimum atomic E-state index is 0.536. The first-order valence-corrected chi connectivity index (χ1v) is 12.3. The van der Waals surface area contributed by atoms with Gasteiger partial charge in [0.2, 0.25) is 0 Å². The van der Waals surface area contributed by atoms with Gasteiger partial charge in [0.05, 0.1) is 17.6 Å². The van der Waals surface area contributed by atoms with Gasteiger partial charge in [-0.1, -0.05) is 52.3 Å². The highest BCUT2D eigenvalue weighted by Crippen LogP contribution is 2.30. The number of halogens is 1. The minimum absolute atomic E-state index is 0.536. The number of likely N-dealkylation sites (tertiary alicyclic amines) is 1. The number of hydrogen-bond donors (Lipinski definition) is 0. The summed E-state index contributed by atoms with van der Waals surface area (Å²) in [7, 11) is 0. The van der Waals surface area contributed by atoms with Gasteiger partial charge in [0.1, 0.15) is 5.82 Å². The summed E-state index contributed by atoms with van der Waals surface area (Å²) in [6, 6.07) is 17.5. The van der Waals surface area contributed by atoms with Crippen LogP contribution in [0, 0.1) is 0 Å². The summed E-state index contributed by atoms with van der Waals surface area (Å²) in [6.45, 7) is 7.89. The van der Waals surface area contributed by atoms with Crippen molar-refractivity contribution in [1.29, 1.82) is 0 Å². The van der Waals surface area contributed by atoms with E-state index in [4.69, 9.17) is 9.72 Å². The zero-order valence-electron chi connectivity index (χ0n) is 17.9. The molecular weight excluding hydrogens is 438 g/mol. The Bertz CT molecular complexity index is 929. The molecule has 1 fully saturated rings. The van der Waals surface area contributed by atoms with Crippen molar-refractivity contribution in [3.05, 3.63) is 65.5 Å². The van der Waals surface area contributed by atoms with Crippen molar-refractivity contribution in [2.24, 2.45) is 0 Å². The third kappa shape index (κ3) is 5.13. The predicted molar refractivity (Wildman–Crippen MR) is 127 cm³/mol. The Morgan fingerprint density at radius 1 is 1.00 bits per heavy atom. The van der Waals surface area contributed by atoms with Crippen molar-refractivity contribution in [3.63, 3.8) is 0 Å². The molecule has 0 aliphatic carbocycles. The maximum Gasteiger partial charge on any atom is 0.113 e. The van der Waals surface area contributed by atoms with Gasteiger partial charge >= 0.3 is 0 Å². The molecule has 0 N–H and O–H groups in total. The number of ether oxygens (including phenoxy) is 1. The summed E-state index contributed by atoms with van der Waals surface area (Å²) < 4.78 is 8.04. The molecule has 0 unspecified atom stereocenters. The van der Waals surface area contributed by atoms with Gasteiger partial charge in [0, 0.05) is 30.9 Å². The van der Waals surface area contributed by atoms with E-state index in [-0.39, 0.29) is 0 Å². The second-order valence-electron chi connectivity index (χ2n) is 8.12. The first-order chi connectivity index (χ1) is 14.8. The van der Waals surface area contributed by atoms with Crippen LogP contribution in [0.3, 0.4) is 0 Å². The molecule has 2 heterocycles. The normalized spacial score (nSPS) is 15.8. The van der Waals surface area contributed by atoms with Gasteiger partial charge in [0.15, 0.2) is 0 Å². The standard InChI is InChI=1S/C25H32BrN3O/c1-2-30-18-17-29-24-6-4-3-5-23(24)27-25(29)22-12-15-28(16-13-22)14-11-20-7-9-21(19-26)10-8-20/h3-10,22H,2,11-19H2,1H3. The second-order valence-corrected chi connectivity index (χ2v) is 8.68. The quantitative estimate of drug-likeness (QED) is 0.310. The number of para-hydroxylation sites is 2. The van der Waals surface area contributed by atoms with Gasteiger partial charge in [-0.3, -0.25) is 0 Å². The number of aromatic nitrogens is 2. The van der Waals surface area contributed by atoms with Crippen molar-refractivity contribution in [2.75, 3.05) is 32.8 Å². The van der Waals surface area contributed by atoms with Crippen molar-refractivity contribution >= 4 is 27.0 Å². The first kappa shape index (κ1) is 21.5. The van der Waals surface area contributed by atoms with Crippen LogP contribution in [0.4, 0.5) is 0 Å².